The van der Waals surface area contributed by atoms with Gasteiger partial charge in [-0.15, -0.1) is 0 Å². The summed E-state index contributed by atoms with van der Waals surface area (Å²) in [6.07, 6.45) is 0.205. The lowest BCUT2D eigenvalue weighted by Gasteiger charge is -2.15. The van der Waals surface area contributed by atoms with E-state index < -0.39 is 22.7 Å². The van der Waals surface area contributed by atoms with Crippen LogP contribution in [0.25, 0.3) is 10.8 Å². The minimum absolute atomic E-state index is 0.205. The van der Waals surface area contributed by atoms with Crippen molar-refractivity contribution in [2.45, 2.75) is 17.4 Å². The van der Waals surface area contributed by atoms with Crippen molar-refractivity contribution in [1.82, 2.24) is 5.32 Å². The van der Waals surface area contributed by atoms with E-state index in [-0.39, 0.29) is 18.1 Å². The summed E-state index contributed by atoms with van der Waals surface area (Å²) < 4.78 is 12.3. The molecule has 0 aromatic heterocycles. The van der Waals surface area contributed by atoms with Crippen molar-refractivity contribution < 1.29 is 13.8 Å². The fourth-order valence-corrected chi connectivity index (χ4v) is 3.92. The smallest absolute Gasteiger partial charge is 0.251 e. The summed E-state index contributed by atoms with van der Waals surface area (Å²) >= 11 is 0. The number of nitrogens with two attached hydrogens (primary N) is 1. The molecule has 3 aromatic rings. The predicted octanol–water partition coefficient (Wildman–Crippen LogP) is 2.62. The van der Waals surface area contributed by atoms with Gasteiger partial charge in [0, 0.05) is 16.2 Å². The lowest BCUT2D eigenvalue weighted by Crippen LogP contribution is -2.45. The molecule has 0 saturated carbocycles. The highest BCUT2D eigenvalue weighted by molar-refractivity contribution is 7.85. The van der Waals surface area contributed by atoms with Gasteiger partial charge < -0.3 is 11.1 Å². The fourth-order valence-electron chi connectivity index (χ4n) is 2.77. The summed E-state index contributed by atoms with van der Waals surface area (Å²) in [6.45, 7) is 0. The predicted molar refractivity (Wildman–Crippen MR) is 107 cm³/mol. The molecule has 3 N–H and O–H groups in total. The van der Waals surface area contributed by atoms with Crippen LogP contribution in [0.2, 0.25) is 0 Å². The van der Waals surface area contributed by atoms with Gasteiger partial charge in [-0.1, -0.05) is 48.5 Å². The molecule has 0 fully saturated rings. The number of benzene rings is 3. The van der Waals surface area contributed by atoms with Gasteiger partial charge in [0.15, 0.2) is 0 Å². The molecule has 5 nitrogen and oxygen atoms in total. The van der Waals surface area contributed by atoms with Crippen molar-refractivity contribution in [1.29, 1.82) is 0 Å². The minimum atomic E-state index is -1.26. The third-order valence-electron chi connectivity index (χ3n) is 4.26. The topological polar surface area (TPSA) is 89.3 Å². The lowest BCUT2D eigenvalue weighted by molar-refractivity contribution is -0.119. The second kappa shape index (κ2) is 8.60. The van der Waals surface area contributed by atoms with Gasteiger partial charge in [0.05, 0.1) is 10.8 Å². The van der Waals surface area contributed by atoms with Gasteiger partial charge in [0.25, 0.3) is 5.91 Å². The average molecular weight is 380 g/mol. The Hall–Kier alpha value is -2.99. The molecule has 3 rings (SSSR count). The first kappa shape index (κ1) is 18.8. The molecule has 0 heterocycles. The van der Waals surface area contributed by atoms with Crippen LogP contribution in [0.5, 0.6) is 0 Å². The minimum Gasteiger partial charge on any atom is -0.368 e. The molecular formula is C21H20N2O3S. The summed E-state index contributed by atoms with van der Waals surface area (Å²) in [5.74, 6) is -0.792. The van der Waals surface area contributed by atoms with Crippen LogP contribution in [0, 0.1) is 0 Å². The van der Waals surface area contributed by atoms with Crippen molar-refractivity contribution in [3.05, 3.63) is 78.4 Å². The maximum Gasteiger partial charge on any atom is 0.251 e. The third-order valence-corrected chi connectivity index (χ3v) is 5.66. The Morgan fingerprint density at radius 1 is 0.926 bits per heavy atom. The van der Waals surface area contributed by atoms with Crippen LogP contribution in [0.1, 0.15) is 16.8 Å². The Labute approximate surface area is 160 Å². The molecular weight excluding hydrogens is 360 g/mol. The molecule has 0 aliphatic heterocycles. The van der Waals surface area contributed by atoms with Gasteiger partial charge in [-0.3, -0.25) is 13.8 Å². The zero-order chi connectivity index (χ0) is 19.2. The van der Waals surface area contributed by atoms with E-state index in [0.717, 1.165) is 10.8 Å². The Morgan fingerprint density at radius 2 is 1.59 bits per heavy atom. The third kappa shape index (κ3) is 4.80. The second-order valence-corrected chi connectivity index (χ2v) is 7.71. The summed E-state index contributed by atoms with van der Waals surface area (Å²) in [7, 11) is -1.26. The van der Waals surface area contributed by atoms with Gasteiger partial charge in [-0.25, -0.2) is 0 Å². The van der Waals surface area contributed by atoms with E-state index in [0.29, 0.717) is 10.5 Å². The molecule has 0 aliphatic carbocycles. The average Bonchev–Trinajstić information content (AvgIpc) is 2.70. The van der Waals surface area contributed by atoms with Gasteiger partial charge in [-0.05, 0) is 41.5 Å². The first-order valence-corrected chi connectivity index (χ1v) is 9.89. The van der Waals surface area contributed by atoms with Crippen LogP contribution in [-0.2, 0) is 15.6 Å². The number of primary amides is 1. The normalized spacial score (nSPS) is 13.0. The molecule has 3 aromatic carbocycles. The van der Waals surface area contributed by atoms with Crippen LogP contribution in [0.15, 0.2) is 77.7 Å². The highest BCUT2D eigenvalue weighted by atomic mass is 32.2. The lowest BCUT2D eigenvalue weighted by atomic mass is 10.1. The highest BCUT2D eigenvalue weighted by Crippen LogP contribution is 2.16. The Balaban J connectivity index is 1.67. The molecule has 6 heteroatoms. The van der Waals surface area contributed by atoms with E-state index in [1.54, 1.807) is 36.4 Å². The standard InChI is InChI=1S/C21H20N2O3S/c22-20(24)19(12-13-27(26)18-8-2-1-3-9-18)23-21(25)17-11-10-15-6-4-5-7-16(15)14-17/h1-11,14,19H,12-13H2,(H2,22,24)(H,23,25)/t19-,27-/m1/s1. The van der Waals surface area contributed by atoms with Crippen molar-refractivity contribution >= 4 is 33.4 Å². The molecule has 2 amide bonds. The first-order chi connectivity index (χ1) is 13.0. The number of hydrogen-bond donors (Lipinski definition) is 2. The molecule has 0 spiro atoms. The number of carbonyl (C=O) groups is 2. The highest BCUT2D eigenvalue weighted by Gasteiger charge is 2.20. The monoisotopic (exact) mass is 380 g/mol. The van der Waals surface area contributed by atoms with E-state index in [2.05, 4.69) is 5.32 Å². The Kier molecular flexibility index (Phi) is 5.98. The van der Waals surface area contributed by atoms with Crippen molar-refractivity contribution in [3.8, 4) is 0 Å². The van der Waals surface area contributed by atoms with E-state index in [9.17, 15) is 13.8 Å². The molecule has 0 saturated heterocycles. The van der Waals surface area contributed by atoms with Crippen molar-refractivity contribution in [2.75, 3.05) is 5.75 Å². The summed E-state index contributed by atoms with van der Waals surface area (Å²) in [5.41, 5.74) is 5.87. The summed E-state index contributed by atoms with van der Waals surface area (Å²) in [5, 5.41) is 4.62. The summed E-state index contributed by atoms with van der Waals surface area (Å²) in [4.78, 5) is 24.9. The Morgan fingerprint density at radius 3 is 2.30 bits per heavy atom. The fraction of sp³-hybridized carbons (Fsp3) is 0.143. The number of carbonyl (C=O) groups excluding carboxylic acids is 2. The number of fused-ring (bicyclic) bond motifs is 1. The van der Waals surface area contributed by atoms with Crippen molar-refractivity contribution in [3.63, 3.8) is 0 Å². The zero-order valence-electron chi connectivity index (χ0n) is 14.6. The quantitative estimate of drug-likeness (QED) is 0.660. The van der Waals surface area contributed by atoms with Crippen LogP contribution in [-0.4, -0.2) is 27.8 Å². The van der Waals surface area contributed by atoms with Crippen LogP contribution in [0.4, 0.5) is 0 Å². The van der Waals surface area contributed by atoms with Crippen molar-refractivity contribution in [2.24, 2.45) is 5.73 Å². The maximum absolute atomic E-state index is 12.5. The second-order valence-electron chi connectivity index (χ2n) is 6.14. The zero-order valence-corrected chi connectivity index (χ0v) is 15.4. The first-order valence-electron chi connectivity index (χ1n) is 8.57. The van der Waals surface area contributed by atoms with E-state index in [1.165, 1.54) is 0 Å². The van der Waals surface area contributed by atoms with Gasteiger partial charge in [0.1, 0.15) is 6.04 Å². The molecule has 0 radical (unpaired) electrons. The number of amides is 2. The molecule has 0 bridgehead atoms. The maximum atomic E-state index is 12.5. The molecule has 0 unspecified atom stereocenters. The van der Waals surface area contributed by atoms with E-state index in [1.807, 2.05) is 36.4 Å². The molecule has 27 heavy (non-hydrogen) atoms. The van der Waals surface area contributed by atoms with Crippen LogP contribution in [0.3, 0.4) is 0 Å². The molecule has 2 atom stereocenters. The van der Waals surface area contributed by atoms with Gasteiger partial charge >= 0.3 is 0 Å². The number of rotatable bonds is 7. The largest absolute Gasteiger partial charge is 0.368 e. The number of nitrogens with one attached hydrogen (secondary N) is 1. The van der Waals surface area contributed by atoms with Gasteiger partial charge in [-0.2, -0.15) is 0 Å². The molecule has 138 valence electrons. The van der Waals surface area contributed by atoms with Crippen LogP contribution >= 0.6 is 0 Å². The molecule has 0 aliphatic rings. The Bertz CT molecular complexity index is 989. The van der Waals surface area contributed by atoms with Crippen LogP contribution < -0.4 is 11.1 Å². The summed E-state index contributed by atoms with van der Waals surface area (Å²) in [6, 6.07) is 21.1. The van der Waals surface area contributed by atoms with Gasteiger partial charge in [0.2, 0.25) is 5.91 Å². The van der Waals surface area contributed by atoms with E-state index >= 15 is 0 Å². The SMILES string of the molecule is NC(=O)[C@@H](CC[S@@](=O)c1ccccc1)NC(=O)c1ccc2ccccc2c1. The van der Waals surface area contributed by atoms with E-state index in [4.69, 9.17) is 5.73 Å². The number of hydrogen-bond acceptors (Lipinski definition) is 3.